The highest BCUT2D eigenvalue weighted by atomic mass is 16.5. The molecule has 1 N–H and O–H groups in total. The van der Waals surface area contributed by atoms with Crippen LogP contribution in [0.1, 0.15) is 18.4 Å². The number of urea groups is 1. The summed E-state index contributed by atoms with van der Waals surface area (Å²) in [7, 11) is 1.54. The Kier molecular flexibility index (Phi) is 6.24. The number of amides is 2. The summed E-state index contributed by atoms with van der Waals surface area (Å²) in [5, 5.41) is 10.9. The lowest BCUT2D eigenvalue weighted by molar-refractivity contribution is 0.0969. The van der Waals surface area contributed by atoms with Crippen molar-refractivity contribution < 1.29 is 14.3 Å². The molecule has 0 bridgehead atoms. The van der Waals surface area contributed by atoms with Crippen molar-refractivity contribution in [1.29, 1.82) is 0 Å². The van der Waals surface area contributed by atoms with E-state index >= 15 is 0 Å². The molecule has 3 rings (SSSR count). The first-order chi connectivity index (χ1) is 12.7. The van der Waals surface area contributed by atoms with Crippen LogP contribution in [-0.4, -0.2) is 54.0 Å². The van der Waals surface area contributed by atoms with E-state index in [1.54, 1.807) is 24.1 Å². The van der Waals surface area contributed by atoms with Crippen LogP contribution in [0.15, 0.2) is 42.5 Å². The monoisotopic (exact) mass is 356 g/mol. The fourth-order valence-corrected chi connectivity index (χ4v) is 2.94. The Bertz CT molecular complexity index is 694. The Hall–Kier alpha value is -2.83. The van der Waals surface area contributed by atoms with Gasteiger partial charge in [0.05, 0.1) is 13.7 Å². The molecule has 0 aliphatic carbocycles. The molecule has 1 aliphatic heterocycles. The zero-order chi connectivity index (χ0) is 18.2. The first kappa shape index (κ1) is 18.0. The largest absolute Gasteiger partial charge is 0.480 e. The third-order valence-electron chi connectivity index (χ3n) is 4.31. The average Bonchev–Trinajstić information content (AvgIpc) is 2.69. The molecule has 2 amide bonds. The van der Waals surface area contributed by atoms with Crippen molar-refractivity contribution >= 4 is 6.03 Å². The minimum Gasteiger partial charge on any atom is -0.480 e. The molecule has 0 saturated carbocycles. The molecule has 138 valence electrons. The highest BCUT2D eigenvalue weighted by Gasteiger charge is 2.25. The molecule has 1 aromatic heterocycles. The maximum Gasteiger partial charge on any atom is 0.317 e. The van der Waals surface area contributed by atoms with Crippen LogP contribution in [0.3, 0.4) is 0 Å². The Morgan fingerprint density at radius 1 is 1.19 bits per heavy atom. The van der Waals surface area contributed by atoms with Gasteiger partial charge in [-0.2, -0.15) is 0 Å². The van der Waals surface area contributed by atoms with Crippen LogP contribution >= 0.6 is 0 Å². The highest BCUT2D eigenvalue weighted by Crippen LogP contribution is 2.17. The van der Waals surface area contributed by atoms with Crippen molar-refractivity contribution in [2.45, 2.75) is 25.4 Å². The number of nitrogens with one attached hydrogen (secondary N) is 1. The second kappa shape index (κ2) is 9.03. The molecule has 1 atom stereocenters. The van der Waals surface area contributed by atoms with E-state index in [0.29, 0.717) is 24.8 Å². The molecule has 1 saturated heterocycles. The summed E-state index contributed by atoms with van der Waals surface area (Å²) >= 11 is 0. The summed E-state index contributed by atoms with van der Waals surface area (Å²) in [6.45, 7) is 1.91. The Morgan fingerprint density at radius 2 is 1.96 bits per heavy atom. The number of carbonyl (C=O) groups is 1. The number of piperidine rings is 1. The summed E-state index contributed by atoms with van der Waals surface area (Å²) in [5.41, 5.74) is 1.21. The van der Waals surface area contributed by atoms with Crippen LogP contribution in [0.4, 0.5) is 4.79 Å². The van der Waals surface area contributed by atoms with Gasteiger partial charge in [-0.3, -0.25) is 0 Å². The van der Waals surface area contributed by atoms with Gasteiger partial charge in [0.25, 0.3) is 0 Å². The molecule has 2 heterocycles. The molecule has 1 aliphatic rings. The van der Waals surface area contributed by atoms with Crippen LogP contribution in [0.25, 0.3) is 0 Å². The number of hydrogen-bond acceptors (Lipinski definition) is 5. The molecule has 1 unspecified atom stereocenters. The maximum atomic E-state index is 12.4. The summed E-state index contributed by atoms with van der Waals surface area (Å²) < 4.78 is 10.8. The number of carbonyl (C=O) groups excluding carboxylic acids is 1. The second-order valence-corrected chi connectivity index (χ2v) is 6.21. The maximum absolute atomic E-state index is 12.4. The van der Waals surface area contributed by atoms with Crippen molar-refractivity contribution in [3.05, 3.63) is 48.0 Å². The lowest BCUT2D eigenvalue weighted by Gasteiger charge is -2.32. The molecule has 0 spiro atoms. The minimum atomic E-state index is -0.0775. The van der Waals surface area contributed by atoms with Gasteiger partial charge in [0.15, 0.2) is 0 Å². The first-order valence-electron chi connectivity index (χ1n) is 8.85. The van der Waals surface area contributed by atoms with Gasteiger partial charge in [0.2, 0.25) is 11.8 Å². The predicted octanol–water partition coefficient (Wildman–Crippen LogP) is 2.28. The van der Waals surface area contributed by atoms with Crippen LogP contribution in [0.2, 0.25) is 0 Å². The number of likely N-dealkylation sites (tertiary alicyclic amines) is 1. The van der Waals surface area contributed by atoms with E-state index in [1.807, 2.05) is 18.2 Å². The van der Waals surface area contributed by atoms with Crippen molar-refractivity contribution in [1.82, 2.24) is 20.4 Å². The van der Waals surface area contributed by atoms with Crippen LogP contribution < -0.4 is 14.8 Å². The lowest BCUT2D eigenvalue weighted by atomic mass is 10.1. The van der Waals surface area contributed by atoms with E-state index in [0.717, 1.165) is 25.8 Å². The first-order valence-corrected chi connectivity index (χ1v) is 8.85. The summed E-state index contributed by atoms with van der Waals surface area (Å²) in [4.78, 5) is 14.2. The summed E-state index contributed by atoms with van der Waals surface area (Å²) in [5.74, 6) is 0.891. The molecular formula is C19H24N4O3. The number of hydrogen-bond donors (Lipinski definition) is 1. The Balaban J connectivity index is 1.45. The van der Waals surface area contributed by atoms with Crippen molar-refractivity contribution in [3.8, 4) is 11.8 Å². The zero-order valence-electron chi connectivity index (χ0n) is 14.9. The molecule has 7 heteroatoms. The van der Waals surface area contributed by atoms with E-state index in [2.05, 4.69) is 27.6 Å². The van der Waals surface area contributed by atoms with Crippen molar-refractivity contribution in [2.75, 3.05) is 26.7 Å². The fraction of sp³-hybridized carbons (Fsp3) is 0.421. The number of ether oxygens (including phenoxy) is 2. The van der Waals surface area contributed by atoms with E-state index in [4.69, 9.17) is 9.47 Å². The quantitative estimate of drug-likeness (QED) is 0.859. The number of methoxy groups -OCH3 is 1. The molecular weight excluding hydrogens is 332 g/mol. The van der Waals surface area contributed by atoms with Gasteiger partial charge < -0.3 is 19.7 Å². The van der Waals surface area contributed by atoms with Gasteiger partial charge >= 0.3 is 6.03 Å². The number of benzene rings is 1. The average molecular weight is 356 g/mol. The second-order valence-electron chi connectivity index (χ2n) is 6.21. The van der Waals surface area contributed by atoms with Gasteiger partial charge in [-0.15, -0.1) is 10.2 Å². The lowest BCUT2D eigenvalue weighted by Crippen LogP contribution is -2.49. The summed E-state index contributed by atoms with van der Waals surface area (Å²) in [6, 6.07) is 13.5. The van der Waals surface area contributed by atoms with Gasteiger partial charge in [-0.05, 0) is 24.8 Å². The van der Waals surface area contributed by atoms with Gasteiger partial charge in [0.1, 0.15) is 6.10 Å². The van der Waals surface area contributed by atoms with Crippen molar-refractivity contribution in [3.63, 3.8) is 0 Å². The SMILES string of the molecule is COc1ccc(OC2CCCN(C(=O)NCCc3ccccc3)C2)nn1. The van der Waals surface area contributed by atoms with E-state index in [-0.39, 0.29) is 12.1 Å². The third-order valence-corrected chi connectivity index (χ3v) is 4.31. The summed E-state index contributed by atoms with van der Waals surface area (Å²) in [6.07, 6.45) is 2.54. The van der Waals surface area contributed by atoms with E-state index < -0.39 is 0 Å². The normalized spacial score (nSPS) is 16.8. The van der Waals surface area contributed by atoms with Crippen LogP contribution in [0.5, 0.6) is 11.8 Å². The third kappa shape index (κ3) is 5.08. The van der Waals surface area contributed by atoms with Gasteiger partial charge in [-0.25, -0.2) is 4.79 Å². The predicted molar refractivity (Wildman–Crippen MR) is 97.4 cm³/mol. The standard InChI is InChI=1S/C19H24N4O3/c1-25-17-9-10-18(22-21-17)26-16-8-5-13-23(14-16)19(24)20-12-11-15-6-3-2-4-7-15/h2-4,6-7,9-10,16H,5,8,11-14H2,1H3,(H,20,24). The van der Waals surface area contributed by atoms with Gasteiger partial charge in [0, 0.05) is 25.2 Å². The Labute approximate surface area is 153 Å². The van der Waals surface area contributed by atoms with E-state index in [1.165, 1.54) is 5.56 Å². The molecule has 1 fully saturated rings. The van der Waals surface area contributed by atoms with Crippen molar-refractivity contribution in [2.24, 2.45) is 0 Å². The van der Waals surface area contributed by atoms with E-state index in [9.17, 15) is 4.79 Å². The zero-order valence-corrected chi connectivity index (χ0v) is 14.9. The minimum absolute atomic E-state index is 0.0463. The molecule has 2 aromatic rings. The molecule has 7 nitrogen and oxygen atoms in total. The number of aromatic nitrogens is 2. The smallest absolute Gasteiger partial charge is 0.317 e. The van der Waals surface area contributed by atoms with Crippen LogP contribution in [0, 0.1) is 0 Å². The van der Waals surface area contributed by atoms with Crippen LogP contribution in [-0.2, 0) is 6.42 Å². The highest BCUT2D eigenvalue weighted by molar-refractivity contribution is 5.74. The molecule has 0 radical (unpaired) electrons. The Morgan fingerprint density at radius 3 is 2.69 bits per heavy atom. The van der Waals surface area contributed by atoms with Gasteiger partial charge in [-0.1, -0.05) is 30.3 Å². The number of nitrogens with zero attached hydrogens (tertiary/aromatic N) is 3. The topological polar surface area (TPSA) is 76.6 Å². The molecule has 1 aromatic carbocycles. The molecule has 26 heavy (non-hydrogen) atoms. The number of rotatable bonds is 6. The fourth-order valence-electron chi connectivity index (χ4n) is 2.94.